The number of anilines is 1. The second kappa shape index (κ2) is 8.80. The first kappa shape index (κ1) is 23.6. The maximum Gasteiger partial charge on any atom is 0.416 e. The summed E-state index contributed by atoms with van der Waals surface area (Å²) in [5.74, 6) is 0.592. The molecule has 2 aromatic heterocycles. The van der Waals surface area contributed by atoms with Crippen molar-refractivity contribution < 1.29 is 23.1 Å². The van der Waals surface area contributed by atoms with Crippen molar-refractivity contribution in [2.24, 2.45) is 11.8 Å². The molecule has 8 nitrogen and oxygen atoms in total. The van der Waals surface area contributed by atoms with E-state index in [1.807, 2.05) is 4.90 Å². The Balaban J connectivity index is 1.30. The summed E-state index contributed by atoms with van der Waals surface area (Å²) >= 11 is 0. The van der Waals surface area contributed by atoms with Gasteiger partial charge in [0.25, 0.3) is 0 Å². The van der Waals surface area contributed by atoms with E-state index in [9.17, 15) is 23.1 Å². The molecule has 2 aliphatic rings. The molecule has 3 heterocycles. The van der Waals surface area contributed by atoms with Crippen LogP contribution in [0, 0.1) is 11.8 Å². The standard InChI is InChI=1S/C24H27F3N6O2/c1-31(2)23(35)28-17-7-8-20-29-30-21(33(20)13-17)22(34)32-11-15-9-14(10-16(15)12-32)18-5-3-4-6-19(18)24(25,26)27/h3-8,13-16,22,34H,9-12H2,1-2H3,(H,28,35)/t14-,15-,16+,22?. The third-order valence-electron chi connectivity index (χ3n) is 7.15. The minimum absolute atomic E-state index is 0.140. The number of benzene rings is 1. The van der Waals surface area contributed by atoms with E-state index in [1.54, 1.807) is 49.0 Å². The number of nitrogens with zero attached hydrogens (tertiary/aromatic N) is 5. The van der Waals surface area contributed by atoms with Gasteiger partial charge in [0, 0.05) is 33.4 Å². The van der Waals surface area contributed by atoms with Gasteiger partial charge >= 0.3 is 12.2 Å². The number of alkyl halides is 3. The van der Waals surface area contributed by atoms with Crippen LogP contribution in [0.1, 0.15) is 41.9 Å². The average Bonchev–Trinajstić information content (AvgIpc) is 3.51. The number of aromatic nitrogens is 3. The van der Waals surface area contributed by atoms with Crippen LogP contribution in [0.25, 0.3) is 5.65 Å². The van der Waals surface area contributed by atoms with E-state index in [2.05, 4.69) is 15.5 Å². The van der Waals surface area contributed by atoms with Gasteiger partial charge in [-0.1, -0.05) is 18.2 Å². The fourth-order valence-corrected chi connectivity index (χ4v) is 5.46. The number of likely N-dealkylation sites (tertiary alicyclic amines) is 1. The Hall–Kier alpha value is -3.18. The minimum atomic E-state index is -4.36. The van der Waals surface area contributed by atoms with E-state index >= 15 is 0 Å². The molecule has 4 atom stereocenters. The Bertz CT molecular complexity index is 1230. The lowest BCUT2D eigenvalue weighted by Gasteiger charge is -2.24. The van der Waals surface area contributed by atoms with Crippen LogP contribution < -0.4 is 5.32 Å². The Morgan fingerprint density at radius 1 is 1.11 bits per heavy atom. The number of aliphatic hydroxyl groups excluding tert-OH is 1. The molecule has 2 amide bonds. The number of urea groups is 1. The Morgan fingerprint density at radius 2 is 1.80 bits per heavy atom. The van der Waals surface area contributed by atoms with Crippen LogP contribution in [0.3, 0.4) is 0 Å². The normalized spacial score (nSPS) is 23.4. The number of pyridine rings is 1. The van der Waals surface area contributed by atoms with E-state index < -0.39 is 18.0 Å². The fourth-order valence-electron chi connectivity index (χ4n) is 5.46. The van der Waals surface area contributed by atoms with Crippen molar-refractivity contribution in [3.8, 4) is 0 Å². The SMILES string of the molecule is CN(C)C(=O)Nc1ccc2nnc(C(O)N3C[C@H]4C[C@@H](c5ccccc5C(F)(F)F)C[C@H]4C3)n2c1. The third-order valence-corrected chi connectivity index (χ3v) is 7.15. The molecular formula is C24H27F3N6O2. The smallest absolute Gasteiger partial charge is 0.371 e. The maximum absolute atomic E-state index is 13.5. The molecule has 1 saturated carbocycles. The quantitative estimate of drug-likeness (QED) is 0.581. The summed E-state index contributed by atoms with van der Waals surface area (Å²) in [6.45, 7) is 1.14. The Labute approximate surface area is 200 Å². The maximum atomic E-state index is 13.5. The van der Waals surface area contributed by atoms with Gasteiger partial charge in [0.15, 0.2) is 17.7 Å². The van der Waals surface area contributed by atoms with E-state index in [0.29, 0.717) is 48.7 Å². The van der Waals surface area contributed by atoms with Crippen molar-refractivity contribution in [2.45, 2.75) is 31.2 Å². The molecule has 1 unspecified atom stereocenters. The van der Waals surface area contributed by atoms with Crippen molar-refractivity contribution in [1.29, 1.82) is 0 Å². The summed E-state index contributed by atoms with van der Waals surface area (Å²) in [5.41, 5.74) is 0.894. The number of hydrogen-bond donors (Lipinski definition) is 2. The number of rotatable bonds is 4. The van der Waals surface area contributed by atoms with Crippen molar-refractivity contribution in [1.82, 2.24) is 24.4 Å². The molecular weight excluding hydrogens is 461 g/mol. The molecule has 35 heavy (non-hydrogen) atoms. The number of amides is 2. The molecule has 0 spiro atoms. The lowest BCUT2D eigenvalue weighted by Crippen LogP contribution is -2.29. The molecule has 5 rings (SSSR count). The van der Waals surface area contributed by atoms with Crippen molar-refractivity contribution in [3.05, 3.63) is 59.5 Å². The topological polar surface area (TPSA) is 86.0 Å². The molecule has 2 N–H and O–H groups in total. The first-order valence-electron chi connectivity index (χ1n) is 11.5. The molecule has 1 aliphatic heterocycles. The largest absolute Gasteiger partial charge is 0.416 e. The van der Waals surface area contributed by atoms with E-state index in [1.165, 1.54) is 11.0 Å². The highest BCUT2D eigenvalue weighted by atomic mass is 19.4. The predicted octanol–water partition coefficient (Wildman–Crippen LogP) is 3.96. The van der Waals surface area contributed by atoms with Gasteiger partial charge in [0.2, 0.25) is 0 Å². The molecule has 3 aromatic rings. The van der Waals surface area contributed by atoms with Crippen LogP contribution in [0.5, 0.6) is 0 Å². The Kier molecular flexibility index (Phi) is 5.92. The van der Waals surface area contributed by atoms with Crippen LogP contribution in [0.4, 0.5) is 23.7 Å². The highest BCUT2D eigenvalue weighted by Crippen LogP contribution is 2.49. The van der Waals surface area contributed by atoms with E-state index in [4.69, 9.17) is 0 Å². The highest BCUT2D eigenvalue weighted by Gasteiger charge is 2.45. The second-order valence-corrected chi connectivity index (χ2v) is 9.63. The average molecular weight is 489 g/mol. The fraction of sp³-hybridized carbons (Fsp3) is 0.458. The summed E-state index contributed by atoms with van der Waals surface area (Å²) in [7, 11) is 3.27. The van der Waals surface area contributed by atoms with Crippen molar-refractivity contribution in [3.63, 3.8) is 0 Å². The van der Waals surface area contributed by atoms with Crippen LogP contribution >= 0.6 is 0 Å². The van der Waals surface area contributed by atoms with Gasteiger partial charge in [-0.3, -0.25) is 9.30 Å². The van der Waals surface area contributed by atoms with Gasteiger partial charge in [-0.15, -0.1) is 10.2 Å². The zero-order valence-corrected chi connectivity index (χ0v) is 19.4. The highest BCUT2D eigenvalue weighted by molar-refractivity contribution is 5.88. The number of carbonyl (C=O) groups is 1. The van der Waals surface area contributed by atoms with Gasteiger partial charge in [-0.2, -0.15) is 13.2 Å². The summed E-state index contributed by atoms with van der Waals surface area (Å²) in [6.07, 6.45) is -2.41. The molecule has 0 bridgehead atoms. The summed E-state index contributed by atoms with van der Waals surface area (Å²) in [6, 6.07) is 8.98. The van der Waals surface area contributed by atoms with E-state index in [0.717, 1.165) is 6.07 Å². The zero-order chi connectivity index (χ0) is 24.9. The van der Waals surface area contributed by atoms with Crippen LogP contribution in [0.2, 0.25) is 0 Å². The molecule has 1 saturated heterocycles. The van der Waals surface area contributed by atoms with Crippen molar-refractivity contribution >= 4 is 17.4 Å². The Morgan fingerprint density at radius 3 is 2.46 bits per heavy atom. The van der Waals surface area contributed by atoms with Gasteiger partial charge in [0.1, 0.15) is 0 Å². The van der Waals surface area contributed by atoms with Gasteiger partial charge in [-0.05, 0) is 54.4 Å². The zero-order valence-electron chi connectivity index (χ0n) is 19.4. The van der Waals surface area contributed by atoms with E-state index in [-0.39, 0.29) is 23.8 Å². The number of fused-ring (bicyclic) bond motifs is 2. The summed E-state index contributed by atoms with van der Waals surface area (Å²) in [5, 5.41) is 22.2. The van der Waals surface area contributed by atoms with Crippen LogP contribution in [-0.2, 0) is 6.18 Å². The molecule has 186 valence electrons. The molecule has 11 heteroatoms. The molecule has 0 radical (unpaired) electrons. The lowest BCUT2D eigenvalue weighted by atomic mass is 9.91. The first-order chi connectivity index (χ1) is 16.6. The third kappa shape index (κ3) is 4.45. The number of halogens is 3. The minimum Gasteiger partial charge on any atom is -0.371 e. The molecule has 2 fully saturated rings. The number of aliphatic hydroxyl groups is 1. The molecule has 1 aromatic carbocycles. The van der Waals surface area contributed by atoms with Gasteiger partial charge in [0.05, 0.1) is 11.3 Å². The van der Waals surface area contributed by atoms with Crippen LogP contribution in [-0.4, -0.2) is 62.7 Å². The first-order valence-corrected chi connectivity index (χ1v) is 11.5. The second-order valence-electron chi connectivity index (χ2n) is 9.63. The number of carbonyl (C=O) groups excluding carboxylic acids is 1. The van der Waals surface area contributed by atoms with Crippen LogP contribution in [0.15, 0.2) is 42.6 Å². The molecule has 1 aliphatic carbocycles. The summed E-state index contributed by atoms with van der Waals surface area (Å²) in [4.78, 5) is 15.3. The number of hydrogen-bond acceptors (Lipinski definition) is 5. The predicted molar refractivity (Wildman–Crippen MR) is 123 cm³/mol. The van der Waals surface area contributed by atoms with Crippen molar-refractivity contribution in [2.75, 3.05) is 32.5 Å². The lowest BCUT2D eigenvalue weighted by molar-refractivity contribution is -0.138. The number of nitrogens with one attached hydrogen (secondary N) is 1. The van der Waals surface area contributed by atoms with Gasteiger partial charge < -0.3 is 15.3 Å². The monoisotopic (exact) mass is 488 g/mol. The summed E-state index contributed by atoms with van der Waals surface area (Å²) < 4.78 is 42.1. The van der Waals surface area contributed by atoms with Gasteiger partial charge in [-0.25, -0.2) is 4.79 Å².